The van der Waals surface area contributed by atoms with Crippen molar-refractivity contribution in [1.29, 1.82) is 0 Å². The molecule has 6 nitrogen and oxygen atoms in total. The van der Waals surface area contributed by atoms with E-state index in [1.165, 1.54) is 0 Å². The summed E-state index contributed by atoms with van der Waals surface area (Å²) in [5.74, 6) is 0.256. The van der Waals surface area contributed by atoms with Gasteiger partial charge in [-0.1, -0.05) is 35.9 Å². The van der Waals surface area contributed by atoms with E-state index in [0.29, 0.717) is 34.0 Å². The quantitative estimate of drug-likeness (QED) is 0.438. The number of hydrogen-bond acceptors (Lipinski definition) is 3. The average Bonchev–Trinajstić information content (AvgIpc) is 3.34. The van der Waals surface area contributed by atoms with Gasteiger partial charge in [0.05, 0.1) is 17.6 Å². The van der Waals surface area contributed by atoms with Crippen molar-refractivity contribution in [3.05, 3.63) is 99.4 Å². The number of carbonyl (C=O) groups excluding carboxylic acids is 1. The van der Waals surface area contributed by atoms with Crippen LogP contribution in [0.5, 0.6) is 0 Å². The summed E-state index contributed by atoms with van der Waals surface area (Å²) >= 11 is 9.39. The lowest BCUT2D eigenvalue weighted by Gasteiger charge is -2.06. The summed E-state index contributed by atoms with van der Waals surface area (Å²) in [6, 6.07) is 16.9. The molecule has 0 aliphatic rings. The van der Waals surface area contributed by atoms with Crippen LogP contribution in [0.3, 0.4) is 0 Å². The molecule has 0 spiro atoms. The first-order chi connectivity index (χ1) is 14.1. The summed E-state index contributed by atoms with van der Waals surface area (Å²) in [7, 11) is 0. The van der Waals surface area contributed by atoms with Gasteiger partial charge in [0.2, 0.25) is 0 Å². The second-order valence-electron chi connectivity index (χ2n) is 6.51. The highest BCUT2D eigenvalue weighted by molar-refractivity contribution is 9.10. The summed E-state index contributed by atoms with van der Waals surface area (Å²) in [5.41, 5.74) is 2.62. The third-order valence-electron chi connectivity index (χ3n) is 4.30. The fraction of sp³-hybridized carbons (Fsp3) is 0.0952. The van der Waals surface area contributed by atoms with Crippen molar-refractivity contribution in [3.8, 4) is 0 Å². The molecule has 1 N–H and O–H groups in total. The zero-order chi connectivity index (χ0) is 20.2. The van der Waals surface area contributed by atoms with Crippen LogP contribution in [0.15, 0.2) is 77.7 Å². The van der Waals surface area contributed by atoms with Gasteiger partial charge < -0.3 is 5.32 Å². The van der Waals surface area contributed by atoms with Gasteiger partial charge in [-0.3, -0.25) is 14.2 Å². The van der Waals surface area contributed by atoms with Gasteiger partial charge in [-0.25, -0.2) is 0 Å². The van der Waals surface area contributed by atoms with E-state index >= 15 is 0 Å². The largest absolute Gasteiger partial charge is 0.304 e. The van der Waals surface area contributed by atoms with Gasteiger partial charge in [-0.2, -0.15) is 10.2 Å². The molecule has 0 atom stereocenters. The predicted octanol–water partition coefficient (Wildman–Crippen LogP) is 4.84. The number of benzene rings is 2. The maximum atomic E-state index is 12.7. The van der Waals surface area contributed by atoms with Crippen LogP contribution >= 0.6 is 27.5 Å². The third-order valence-corrected chi connectivity index (χ3v) is 5.13. The van der Waals surface area contributed by atoms with E-state index in [1.807, 2.05) is 65.6 Å². The Labute approximate surface area is 181 Å². The first kappa shape index (κ1) is 19.4. The molecule has 0 bridgehead atoms. The molecule has 2 heterocycles. The lowest BCUT2D eigenvalue weighted by molar-refractivity contribution is 0.102. The van der Waals surface area contributed by atoms with Crippen molar-refractivity contribution in [1.82, 2.24) is 19.6 Å². The second-order valence-corrected chi connectivity index (χ2v) is 7.80. The first-order valence-corrected chi connectivity index (χ1v) is 10.1. The van der Waals surface area contributed by atoms with Gasteiger partial charge >= 0.3 is 0 Å². The standard InChI is InChI=1S/C21H17BrClN5O/c22-19-14-28(12-15-5-7-18(23)8-6-15)26-20(19)25-21(29)17-4-1-3-16(11-17)13-27-10-2-9-24-27/h1-11,14H,12-13H2,(H,25,26,29). The van der Waals surface area contributed by atoms with Gasteiger partial charge in [0.1, 0.15) is 0 Å². The van der Waals surface area contributed by atoms with Gasteiger partial charge in [-0.05, 0) is 57.4 Å². The molecule has 0 saturated heterocycles. The fourth-order valence-corrected chi connectivity index (χ4v) is 3.45. The lowest BCUT2D eigenvalue weighted by atomic mass is 10.1. The summed E-state index contributed by atoms with van der Waals surface area (Å²) < 4.78 is 4.29. The Balaban J connectivity index is 1.45. The molecule has 4 rings (SSSR count). The normalized spacial score (nSPS) is 10.8. The summed E-state index contributed by atoms with van der Waals surface area (Å²) in [6.45, 7) is 1.18. The van der Waals surface area contributed by atoms with Crippen LogP contribution in [0.4, 0.5) is 5.82 Å². The highest BCUT2D eigenvalue weighted by Gasteiger charge is 2.13. The molecule has 0 saturated carbocycles. The number of aromatic nitrogens is 4. The van der Waals surface area contributed by atoms with Gasteiger partial charge in [-0.15, -0.1) is 0 Å². The van der Waals surface area contributed by atoms with Gasteiger partial charge in [0.25, 0.3) is 5.91 Å². The van der Waals surface area contributed by atoms with Crippen LogP contribution in [-0.4, -0.2) is 25.5 Å². The highest BCUT2D eigenvalue weighted by atomic mass is 79.9. The summed E-state index contributed by atoms with van der Waals surface area (Å²) in [4.78, 5) is 12.7. The van der Waals surface area contributed by atoms with Crippen LogP contribution in [0, 0.1) is 0 Å². The zero-order valence-electron chi connectivity index (χ0n) is 15.3. The minimum absolute atomic E-state index is 0.218. The average molecular weight is 471 g/mol. The van der Waals surface area contributed by atoms with Gasteiger partial charge in [0.15, 0.2) is 5.82 Å². The van der Waals surface area contributed by atoms with Crippen molar-refractivity contribution >= 4 is 39.3 Å². The molecule has 0 aliphatic carbocycles. The maximum Gasteiger partial charge on any atom is 0.256 e. The number of rotatable bonds is 6. The molecular weight excluding hydrogens is 454 g/mol. The van der Waals surface area contributed by atoms with Crippen molar-refractivity contribution in [2.24, 2.45) is 0 Å². The molecule has 0 radical (unpaired) electrons. The molecule has 0 fully saturated rings. The molecule has 4 aromatic rings. The maximum absolute atomic E-state index is 12.7. The van der Waals surface area contributed by atoms with Crippen LogP contribution in [-0.2, 0) is 13.1 Å². The van der Waals surface area contributed by atoms with E-state index in [9.17, 15) is 4.79 Å². The van der Waals surface area contributed by atoms with Crippen LogP contribution in [0.1, 0.15) is 21.5 Å². The van der Waals surface area contributed by atoms with E-state index in [0.717, 1.165) is 11.1 Å². The smallest absolute Gasteiger partial charge is 0.256 e. The van der Waals surface area contributed by atoms with E-state index in [4.69, 9.17) is 11.6 Å². The number of carbonyl (C=O) groups is 1. The molecule has 0 unspecified atom stereocenters. The summed E-state index contributed by atoms with van der Waals surface area (Å²) in [6.07, 6.45) is 5.45. The van der Waals surface area contributed by atoms with E-state index in [2.05, 4.69) is 31.4 Å². The number of halogens is 2. The molecule has 1 amide bonds. The van der Waals surface area contributed by atoms with Crippen LogP contribution < -0.4 is 5.32 Å². The molecule has 2 aromatic carbocycles. The Kier molecular flexibility index (Phi) is 5.78. The van der Waals surface area contributed by atoms with Crippen molar-refractivity contribution < 1.29 is 4.79 Å². The Morgan fingerprint density at radius 3 is 2.59 bits per heavy atom. The number of anilines is 1. The molecule has 29 heavy (non-hydrogen) atoms. The summed E-state index contributed by atoms with van der Waals surface area (Å²) in [5, 5.41) is 12.2. The van der Waals surface area contributed by atoms with Crippen LogP contribution in [0.25, 0.3) is 0 Å². The molecule has 2 aromatic heterocycles. The van der Waals surface area contributed by atoms with E-state index < -0.39 is 0 Å². The van der Waals surface area contributed by atoms with Crippen molar-refractivity contribution in [3.63, 3.8) is 0 Å². The van der Waals surface area contributed by atoms with Gasteiger partial charge in [0, 0.05) is 29.2 Å². The van der Waals surface area contributed by atoms with Crippen molar-refractivity contribution in [2.45, 2.75) is 13.1 Å². The van der Waals surface area contributed by atoms with Crippen LogP contribution in [0.2, 0.25) is 5.02 Å². The minimum atomic E-state index is -0.218. The minimum Gasteiger partial charge on any atom is -0.304 e. The number of amides is 1. The monoisotopic (exact) mass is 469 g/mol. The Hall–Kier alpha value is -2.90. The number of nitrogens with one attached hydrogen (secondary N) is 1. The molecule has 0 aliphatic heterocycles. The topological polar surface area (TPSA) is 64.7 Å². The Morgan fingerprint density at radius 2 is 1.83 bits per heavy atom. The Morgan fingerprint density at radius 1 is 1.03 bits per heavy atom. The lowest BCUT2D eigenvalue weighted by Crippen LogP contribution is -2.14. The second kappa shape index (κ2) is 8.63. The number of nitrogens with zero attached hydrogens (tertiary/aromatic N) is 4. The highest BCUT2D eigenvalue weighted by Crippen LogP contribution is 2.22. The molecule has 8 heteroatoms. The van der Waals surface area contributed by atoms with Crippen molar-refractivity contribution in [2.75, 3.05) is 5.32 Å². The first-order valence-electron chi connectivity index (χ1n) is 8.92. The Bertz CT molecular complexity index is 1120. The molecular formula is C21H17BrClN5O. The van der Waals surface area contributed by atoms with E-state index in [-0.39, 0.29) is 5.91 Å². The SMILES string of the molecule is O=C(Nc1nn(Cc2ccc(Cl)cc2)cc1Br)c1cccc(Cn2cccn2)c1. The predicted molar refractivity (Wildman–Crippen MR) is 116 cm³/mol. The zero-order valence-corrected chi connectivity index (χ0v) is 17.6. The molecule has 146 valence electrons. The third kappa shape index (κ3) is 4.93. The number of hydrogen-bond donors (Lipinski definition) is 1. The van der Waals surface area contributed by atoms with E-state index in [1.54, 1.807) is 16.9 Å². The fourth-order valence-electron chi connectivity index (χ4n) is 2.91.